The lowest BCUT2D eigenvalue weighted by Gasteiger charge is -2.16. The Kier molecular flexibility index (Phi) is 9.91. The van der Waals surface area contributed by atoms with Gasteiger partial charge in [0.15, 0.2) is 0 Å². The van der Waals surface area contributed by atoms with E-state index in [4.69, 9.17) is 19.7 Å². The van der Waals surface area contributed by atoms with Crippen LogP contribution in [0.4, 0.5) is 0 Å². The number of benzene rings is 2. The van der Waals surface area contributed by atoms with E-state index in [1.54, 1.807) is 12.1 Å². The Morgan fingerprint density at radius 2 is 1.10 bits per heavy atom. The van der Waals surface area contributed by atoms with Crippen LogP contribution in [0.3, 0.4) is 0 Å². The fourth-order valence-electron chi connectivity index (χ4n) is 2.30. The van der Waals surface area contributed by atoms with Gasteiger partial charge in [-0.05, 0) is 88.0 Å². The van der Waals surface area contributed by atoms with Gasteiger partial charge in [0.05, 0.1) is 40.9 Å². The average molecular weight is 682 g/mol. The third-order valence-corrected chi connectivity index (χ3v) is 8.89. The van der Waals surface area contributed by atoms with E-state index >= 15 is 0 Å². The molecule has 0 aliphatic rings. The first kappa shape index (κ1) is 25.1. The molecule has 0 aliphatic heterocycles. The minimum atomic E-state index is -3.93. The van der Waals surface area contributed by atoms with Crippen molar-refractivity contribution in [3.8, 4) is 11.5 Å². The molecule has 0 atom stereocenters. The van der Waals surface area contributed by atoms with Crippen molar-refractivity contribution in [1.29, 1.82) is 0 Å². The van der Waals surface area contributed by atoms with Crippen molar-refractivity contribution in [2.45, 2.75) is 22.6 Å². The summed E-state index contributed by atoms with van der Waals surface area (Å²) < 4.78 is 39.8. The summed E-state index contributed by atoms with van der Waals surface area (Å²) in [5.74, 6) is 0.680. The van der Waals surface area contributed by atoms with Gasteiger partial charge in [0.2, 0.25) is 9.84 Å². The van der Waals surface area contributed by atoms with Gasteiger partial charge in [-0.3, -0.25) is 0 Å². The van der Waals surface area contributed by atoms with Gasteiger partial charge >= 0.3 is 0 Å². The highest BCUT2D eigenvalue weighted by Crippen LogP contribution is 2.44. The fraction of sp³-hybridized carbons (Fsp3) is 0.333. The first-order chi connectivity index (χ1) is 13.8. The molecule has 2 rings (SSSR count). The second-order valence-electron chi connectivity index (χ2n) is 5.73. The maximum Gasteiger partial charge on any atom is 0.209 e. The molecule has 0 heterocycles. The van der Waals surface area contributed by atoms with Gasteiger partial charge in [0.1, 0.15) is 11.5 Å². The monoisotopic (exact) mass is 678 g/mol. The Morgan fingerprint density at radius 1 is 0.724 bits per heavy atom. The molecule has 11 heteroatoms. The number of rotatable bonds is 10. The fourth-order valence-corrected chi connectivity index (χ4v) is 7.31. The highest BCUT2D eigenvalue weighted by Gasteiger charge is 2.28. The zero-order valence-electron chi connectivity index (χ0n) is 15.0. The number of aliphatic hydroxyl groups is 2. The number of aliphatic hydroxyl groups excluding tert-OH is 2. The van der Waals surface area contributed by atoms with Gasteiger partial charge in [0.25, 0.3) is 0 Å². The Balaban J connectivity index is 2.50. The number of sulfone groups is 1. The van der Waals surface area contributed by atoms with Crippen molar-refractivity contribution in [2.75, 3.05) is 26.4 Å². The predicted octanol–water partition coefficient (Wildman–Crippen LogP) is 5.09. The maximum atomic E-state index is 13.4. The van der Waals surface area contributed by atoms with Crippen LogP contribution in [-0.4, -0.2) is 45.1 Å². The zero-order valence-corrected chi connectivity index (χ0v) is 22.2. The molecule has 2 aromatic carbocycles. The van der Waals surface area contributed by atoms with Crippen LogP contribution in [-0.2, 0) is 9.84 Å². The normalized spacial score (nSPS) is 11.5. The lowest BCUT2D eigenvalue weighted by Crippen LogP contribution is -2.08. The van der Waals surface area contributed by atoms with Crippen LogP contribution in [0.2, 0.25) is 0 Å². The van der Waals surface area contributed by atoms with Gasteiger partial charge in [-0.15, -0.1) is 0 Å². The Morgan fingerprint density at radius 3 is 1.45 bits per heavy atom. The summed E-state index contributed by atoms with van der Waals surface area (Å²) >= 11 is 13.4. The van der Waals surface area contributed by atoms with E-state index in [0.717, 1.165) is 0 Å². The second-order valence-corrected chi connectivity index (χ2v) is 10.9. The van der Waals surface area contributed by atoms with Crippen LogP contribution in [0.25, 0.3) is 0 Å². The molecule has 0 bridgehead atoms. The number of hydrogen-bond acceptors (Lipinski definition) is 6. The lowest BCUT2D eigenvalue weighted by atomic mass is 10.3. The van der Waals surface area contributed by atoms with Crippen LogP contribution >= 0.6 is 63.7 Å². The van der Waals surface area contributed by atoms with Crippen LogP contribution in [0.15, 0.2) is 51.9 Å². The summed E-state index contributed by atoms with van der Waals surface area (Å²) in [7, 11) is -3.93. The highest BCUT2D eigenvalue weighted by molar-refractivity contribution is 9.11. The van der Waals surface area contributed by atoms with Crippen molar-refractivity contribution >= 4 is 73.6 Å². The summed E-state index contributed by atoms with van der Waals surface area (Å²) in [6, 6.07) is 6.14. The Labute approximate surface area is 203 Å². The molecule has 2 aromatic rings. The Bertz CT molecular complexity index is 894. The van der Waals surface area contributed by atoms with E-state index in [9.17, 15) is 8.42 Å². The number of halogens is 4. The molecule has 29 heavy (non-hydrogen) atoms. The van der Waals surface area contributed by atoms with E-state index in [0.29, 0.717) is 33.3 Å². The second kappa shape index (κ2) is 11.4. The summed E-state index contributed by atoms with van der Waals surface area (Å²) in [4.78, 5) is 0.0630. The van der Waals surface area contributed by atoms with Crippen molar-refractivity contribution < 1.29 is 28.1 Å². The van der Waals surface area contributed by atoms with Crippen molar-refractivity contribution in [2.24, 2.45) is 0 Å². The van der Waals surface area contributed by atoms with Crippen LogP contribution < -0.4 is 9.47 Å². The maximum absolute atomic E-state index is 13.4. The molecule has 0 amide bonds. The molecule has 0 aliphatic carbocycles. The lowest BCUT2D eigenvalue weighted by molar-refractivity contribution is 0.231. The third kappa shape index (κ3) is 5.96. The van der Waals surface area contributed by atoms with Crippen molar-refractivity contribution in [1.82, 2.24) is 0 Å². The quantitative estimate of drug-likeness (QED) is 0.340. The summed E-state index contributed by atoms with van der Waals surface area (Å²) in [6.45, 7) is 0.417. The topological polar surface area (TPSA) is 93.1 Å². The smallest absolute Gasteiger partial charge is 0.209 e. The molecular formula is C18H18Br4O6S. The zero-order chi connectivity index (χ0) is 21.6. The Hall–Kier alpha value is -0.170. The highest BCUT2D eigenvalue weighted by atomic mass is 79.9. The van der Waals surface area contributed by atoms with Crippen LogP contribution in [0.5, 0.6) is 11.5 Å². The summed E-state index contributed by atoms with van der Waals surface area (Å²) in [6.07, 6.45) is 0.839. The molecule has 0 saturated heterocycles. The third-order valence-electron chi connectivity index (χ3n) is 3.70. The molecule has 0 spiro atoms. The summed E-state index contributed by atoms with van der Waals surface area (Å²) in [5.41, 5.74) is 0. The minimum Gasteiger partial charge on any atom is -0.491 e. The number of ether oxygens (including phenoxy) is 2. The van der Waals surface area contributed by atoms with Crippen molar-refractivity contribution in [3.05, 3.63) is 42.2 Å². The molecule has 160 valence electrons. The molecule has 0 aromatic heterocycles. The van der Waals surface area contributed by atoms with E-state index in [1.165, 1.54) is 12.1 Å². The van der Waals surface area contributed by atoms with Gasteiger partial charge in [-0.25, -0.2) is 8.42 Å². The SMILES string of the molecule is O=S(=O)(c1ccc(Br)c(OCCCO)c1Br)c1ccc(Br)c(OCCCO)c1Br. The molecule has 0 fully saturated rings. The van der Waals surface area contributed by atoms with Crippen LogP contribution in [0, 0.1) is 0 Å². The van der Waals surface area contributed by atoms with E-state index < -0.39 is 9.84 Å². The van der Waals surface area contributed by atoms with Crippen molar-refractivity contribution in [3.63, 3.8) is 0 Å². The average Bonchev–Trinajstić information content (AvgIpc) is 2.66. The van der Waals surface area contributed by atoms with Gasteiger partial charge in [-0.1, -0.05) is 0 Å². The molecule has 2 N–H and O–H groups in total. The van der Waals surface area contributed by atoms with E-state index in [2.05, 4.69) is 63.7 Å². The van der Waals surface area contributed by atoms with E-state index in [1.807, 2.05) is 0 Å². The summed E-state index contributed by atoms with van der Waals surface area (Å²) in [5, 5.41) is 17.9. The predicted molar refractivity (Wildman–Crippen MR) is 124 cm³/mol. The van der Waals surface area contributed by atoms with Gasteiger partial charge < -0.3 is 19.7 Å². The minimum absolute atomic E-state index is 0.0296. The first-order valence-electron chi connectivity index (χ1n) is 8.44. The first-order valence-corrected chi connectivity index (χ1v) is 13.1. The molecule has 0 saturated carbocycles. The molecule has 6 nitrogen and oxygen atoms in total. The van der Waals surface area contributed by atoms with Crippen LogP contribution in [0.1, 0.15) is 12.8 Å². The standard InChI is InChI=1S/C18H18Br4O6S/c19-11-3-5-13(15(21)17(11)27-9-1-7-23)29(25,26)14-6-4-12(20)18(16(14)22)28-10-2-8-24/h3-6,23-24H,1-2,7-10H2. The molecular weight excluding hydrogens is 664 g/mol. The number of hydrogen-bond donors (Lipinski definition) is 2. The van der Waals surface area contributed by atoms with Gasteiger partial charge in [0, 0.05) is 26.1 Å². The largest absolute Gasteiger partial charge is 0.491 e. The van der Waals surface area contributed by atoms with Gasteiger partial charge in [-0.2, -0.15) is 0 Å². The van der Waals surface area contributed by atoms with E-state index in [-0.39, 0.29) is 45.2 Å². The molecule has 0 radical (unpaired) electrons. The molecule has 0 unspecified atom stereocenters.